The minimum absolute atomic E-state index is 0.0605. The molecule has 1 amide bonds. The minimum atomic E-state index is -0.0605. The number of amides is 1. The summed E-state index contributed by atoms with van der Waals surface area (Å²) in [4.78, 5) is 13.4. The lowest BCUT2D eigenvalue weighted by molar-refractivity contribution is -0.896. The summed E-state index contributed by atoms with van der Waals surface area (Å²) in [6.45, 7) is 5.42. The third-order valence-corrected chi connectivity index (χ3v) is 5.16. The predicted molar refractivity (Wildman–Crippen MR) is 119 cm³/mol. The molecule has 2 aromatic carbocycles. The molecule has 1 heterocycles. The van der Waals surface area contributed by atoms with Gasteiger partial charge in [-0.3, -0.25) is 4.79 Å². The van der Waals surface area contributed by atoms with Gasteiger partial charge >= 0.3 is 0 Å². The Morgan fingerprint density at radius 1 is 1.13 bits per heavy atom. The fraction of sp³-hybridized carbons (Fsp3) is 0.391. The molecule has 160 valence electrons. The van der Waals surface area contributed by atoms with E-state index in [1.54, 1.807) is 6.21 Å². The number of benzene rings is 2. The number of piperidine rings is 1. The first-order valence-corrected chi connectivity index (χ1v) is 10.8. The number of quaternary nitrogens is 1. The second-order valence-corrected chi connectivity index (χ2v) is 7.77. The molecule has 0 aromatic heterocycles. The lowest BCUT2D eigenvalue weighted by atomic mass is 10.1. The Hall–Kier alpha value is -2.57. The standard InChI is InChI=1S/C23H28ClN3O3/c1-2-29-22-14-18(15-25-26-23(28)16-27-11-4-3-5-12-27)9-10-21(22)30-17-19-7-6-8-20(24)13-19/h6-10,13-15H,2-5,11-12,16-17H2,1H3,(H,26,28)/p+1/b25-15-. The lowest BCUT2D eigenvalue weighted by Crippen LogP contribution is -3.13. The number of carbonyl (C=O) groups is 1. The van der Waals surface area contributed by atoms with Crippen LogP contribution in [0.4, 0.5) is 0 Å². The van der Waals surface area contributed by atoms with Gasteiger partial charge in [-0.15, -0.1) is 0 Å². The Labute approximate surface area is 182 Å². The van der Waals surface area contributed by atoms with Gasteiger partial charge in [-0.05, 0) is 67.6 Å². The number of nitrogens with one attached hydrogen (secondary N) is 2. The number of ether oxygens (including phenoxy) is 2. The van der Waals surface area contributed by atoms with Crippen LogP contribution in [0.1, 0.15) is 37.3 Å². The van der Waals surface area contributed by atoms with Crippen molar-refractivity contribution < 1.29 is 19.2 Å². The van der Waals surface area contributed by atoms with E-state index >= 15 is 0 Å². The van der Waals surface area contributed by atoms with Crippen LogP contribution in [0.25, 0.3) is 0 Å². The highest BCUT2D eigenvalue weighted by molar-refractivity contribution is 6.30. The van der Waals surface area contributed by atoms with Gasteiger partial charge < -0.3 is 14.4 Å². The van der Waals surface area contributed by atoms with Crippen LogP contribution in [0.15, 0.2) is 47.6 Å². The highest BCUT2D eigenvalue weighted by Gasteiger charge is 2.16. The van der Waals surface area contributed by atoms with Crippen LogP contribution in [0, 0.1) is 0 Å². The molecule has 0 unspecified atom stereocenters. The van der Waals surface area contributed by atoms with E-state index in [9.17, 15) is 4.79 Å². The van der Waals surface area contributed by atoms with E-state index in [0.29, 0.717) is 36.3 Å². The molecule has 1 aliphatic rings. The molecule has 2 aromatic rings. The Kier molecular flexibility index (Phi) is 8.53. The summed E-state index contributed by atoms with van der Waals surface area (Å²) in [5.74, 6) is 1.22. The van der Waals surface area contributed by atoms with E-state index < -0.39 is 0 Å². The fourth-order valence-corrected chi connectivity index (χ4v) is 3.67. The average Bonchev–Trinajstić information content (AvgIpc) is 2.74. The van der Waals surface area contributed by atoms with Crippen LogP contribution in [-0.4, -0.2) is 38.4 Å². The minimum Gasteiger partial charge on any atom is -0.490 e. The van der Waals surface area contributed by atoms with Crippen molar-refractivity contribution in [2.45, 2.75) is 32.8 Å². The molecular formula is C23H29ClN3O3+. The molecule has 0 saturated carbocycles. The maximum atomic E-state index is 12.1. The van der Waals surface area contributed by atoms with E-state index in [2.05, 4.69) is 10.5 Å². The van der Waals surface area contributed by atoms with Crippen LogP contribution >= 0.6 is 11.6 Å². The maximum Gasteiger partial charge on any atom is 0.295 e. The molecule has 0 radical (unpaired) electrons. The first kappa shape index (κ1) is 22.1. The van der Waals surface area contributed by atoms with E-state index in [0.717, 1.165) is 24.2 Å². The van der Waals surface area contributed by atoms with Gasteiger partial charge in [-0.25, -0.2) is 5.43 Å². The van der Waals surface area contributed by atoms with Crippen LogP contribution in [0.3, 0.4) is 0 Å². The van der Waals surface area contributed by atoms with Crippen molar-refractivity contribution in [2.75, 3.05) is 26.2 Å². The van der Waals surface area contributed by atoms with Gasteiger partial charge in [0.1, 0.15) is 6.61 Å². The van der Waals surface area contributed by atoms with Gasteiger partial charge in [0.05, 0.1) is 25.9 Å². The first-order chi connectivity index (χ1) is 14.6. The second-order valence-electron chi connectivity index (χ2n) is 7.34. The Morgan fingerprint density at radius 2 is 1.97 bits per heavy atom. The highest BCUT2D eigenvalue weighted by Crippen LogP contribution is 2.29. The van der Waals surface area contributed by atoms with Crippen molar-refractivity contribution in [3.63, 3.8) is 0 Å². The zero-order valence-electron chi connectivity index (χ0n) is 17.3. The van der Waals surface area contributed by atoms with Crippen molar-refractivity contribution in [1.29, 1.82) is 0 Å². The predicted octanol–water partition coefficient (Wildman–Crippen LogP) is 2.84. The van der Waals surface area contributed by atoms with Crippen LogP contribution in [0.5, 0.6) is 11.5 Å². The summed E-state index contributed by atoms with van der Waals surface area (Å²) in [5.41, 5.74) is 4.42. The van der Waals surface area contributed by atoms with Gasteiger partial charge in [-0.1, -0.05) is 23.7 Å². The quantitative estimate of drug-likeness (QED) is 0.475. The zero-order valence-corrected chi connectivity index (χ0v) is 18.1. The molecule has 1 aliphatic heterocycles. The van der Waals surface area contributed by atoms with Crippen molar-refractivity contribution in [3.8, 4) is 11.5 Å². The number of hydrogen-bond donors (Lipinski definition) is 2. The van der Waals surface area contributed by atoms with E-state index in [1.807, 2.05) is 49.4 Å². The Bertz CT molecular complexity index is 867. The first-order valence-electron chi connectivity index (χ1n) is 10.4. The molecule has 6 nitrogen and oxygen atoms in total. The highest BCUT2D eigenvalue weighted by atomic mass is 35.5. The van der Waals surface area contributed by atoms with Crippen LogP contribution in [-0.2, 0) is 11.4 Å². The van der Waals surface area contributed by atoms with E-state index in [1.165, 1.54) is 24.2 Å². The lowest BCUT2D eigenvalue weighted by Gasteiger charge is -2.22. The molecule has 3 rings (SSSR count). The Balaban J connectivity index is 1.56. The Morgan fingerprint density at radius 3 is 2.73 bits per heavy atom. The molecule has 1 fully saturated rings. The van der Waals surface area contributed by atoms with Gasteiger partial charge in [-0.2, -0.15) is 5.10 Å². The number of nitrogens with zero attached hydrogens (tertiary/aromatic N) is 1. The third kappa shape index (κ3) is 7.04. The smallest absolute Gasteiger partial charge is 0.295 e. The normalized spacial score (nSPS) is 14.6. The zero-order chi connectivity index (χ0) is 21.2. The molecule has 0 spiro atoms. The van der Waals surface area contributed by atoms with E-state index in [4.69, 9.17) is 21.1 Å². The van der Waals surface area contributed by atoms with Crippen molar-refractivity contribution in [3.05, 3.63) is 58.6 Å². The molecule has 7 heteroatoms. The molecular weight excluding hydrogens is 402 g/mol. The van der Waals surface area contributed by atoms with Gasteiger partial charge in [0.25, 0.3) is 5.91 Å². The van der Waals surface area contributed by atoms with Gasteiger partial charge in [0.2, 0.25) is 0 Å². The number of hydrogen-bond acceptors (Lipinski definition) is 4. The fourth-order valence-electron chi connectivity index (χ4n) is 3.45. The van der Waals surface area contributed by atoms with Crippen LogP contribution in [0.2, 0.25) is 5.02 Å². The third-order valence-electron chi connectivity index (χ3n) is 4.93. The number of rotatable bonds is 9. The van der Waals surface area contributed by atoms with Gasteiger partial charge in [0, 0.05) is 5.02 Å². The molecule has 0 bridgehead atoms. The van der Waals surface area contributed by atoms with Crippen molar-refractivity contribution >= 4 is 23.7 Å². The molecule has 0 atom stereocenters. The second kappa shape index (κ2) is 11.6. The van der Waals surface area contributed by atoms with Crippen LogP contribution < -0.4 is 19.8 Å². The van der Waals surface area contributed by atoms with E-state index in [-0.39, 0.29) is 5.91 Å². The topological polar surface area (TPSA) is 64.4 Å². The number of halogens is 1. The maximum absolute atomic E-state index is 12.1. The SMILES string of the molecule is CCOc1cc(/C=N\NC(=O)C[NH+]2CCCCC2)ccc1OCc1cccc(Cl)c1. The monoisotopic (exact) mass is 430 g/mol. The summed E-state index contributed by atoms with van der Waals surface area (Å²) in [5, 5.41) is 4.77. The summed E-state index contributed by atoms with van der Waals surface area (Å²) in [6.07, 6.45) is 5.27. The molecule has 0 aliphatic carbocycles. The van der Waals surface area contributed by atoms with Crippen molar-refractivity contribution in [1.82, 2.24) is 5.43 Å². The average molecular weight is 431 g/mol. The number of hydrazone groups is 1. The summed E-state index contributed by atoms with van der Waals surface area (Å²) >= 11 is 6.03. The summed E-state index contributed by atoms with van der Waals surface area (Å²) < 4.78 is 11.6. The summed E-state index contributed by atoms with van der Waals surface area (Å²) in [7, 11) is 0. The number of likely N-dealkylation sites (tertiary alicyclic amines) is 1. The molecule has 30 heavy (non-hydrogen) atoms. The summed E-state index contributed by atoms with van der Waals surface area (Å²) in [6, 6.07) is 13.1. The number of carbonyl (C=O) groups excluding carboxylic acids is 1. The molecule has 1 saturated heterocycles. The van der Waals surface area contributed by atoms with Crippen molar-refractivity contribution in [2.24, 2.45) is 5.10 Å². The van der Waals surface area contributed by atoms with Gasteiger partial charge in [0.15, 0.2) is 18.0 Å². The molecule has 2 N–H and O–H groups in total. The largest absolute Gasteiger partial charge is 0.490 e.